The minimum absolute atomic E-state index is 0.670. The Morgan fingerprint density at radius 1 is 1.42 bits per heavy atom. The number of amides is 1. The van der Waals surface area contributed by atoms with Crippen LogP contribution in [0.4, 0.5) is 11.4 Å². The van der Waals surface area contributed by atoms with Crippen LogP contribution in [0.1, 0.15) is 0 Å². The molecule has 3 nitrogen and oxygen atoms in total. The average Bonchev–Trinajstić information content (AvgIpc) is 2.06. The molecular weight excluding hydrogens is 267 g/mol. The van der Waals surface area contributed by atoms with Crippen molar-refractivity contribution in [2.75, 3.05) is 15.2 Å². The molecule has 0 bridgehead atoms. The van der Waals surface area contributed by atoms with Gasteiger partial charge >= 0.3 is 0 Å². The molecule has 0 aliphatic carbocycles. The van der Waals surface area contributed by atoms with E-state index in [0.717, 1.165) is 15.9 Å². The highest BCUT2D eigenvalue weighted by atomic mass is 127. The molecule has 2 N–H and O–H groups in total. The van der Waals surface area contributed by atoms with Crippen LogP contribution in [-0.2, 0) is 4.79 Å². The minimum Gasteiger partial charge on any atom is -0.376 e. The summed E-state index contributed by atoms with van der Waals surface area (Å²) in [5.74, 6) is 0. The summed E-state index contributed by atoms with van der Waals surface area (Å²) in [6.45, 7) is 0. The molecule has 0 radical (unpaired) electrons. The van der Waals surface area contributed by atoms with Gasteiger partial charge in [0.15, 0.2) is 0 Å². The number of alkyl halides is 1. The van der Waals surface area contributed by atoms with Gasteiger partial charge in [-0.25, -0.2) is 0 Å². The SMILES string of the molecule is O=CNc1cccc(NCI)c1. The second-order valence-corrected chi connectivity index (χ2v) is 2.92. The monoisotopic (exact) mass is 276 g/mol. The highest BCUT2D eigenvalue weighted by Crippen LogP contribution is 2.14. The van der Waals surface area contributed by atoms with E-state index in [0.29, 0.717) is 6.41 Å². The number of halogens is 1. The Bertz CT molecular complexity index is 265. The summed E-state index contributed by atoms with van der Waals surface area (Å²) in [4.78, 5) is 10.1. The molecule has 0 aromatic heterocycles. The predicted molar refractivity (Wildman–Crippen MR) is 58.6 cm³/mol. The fourth-order valence-electron chi connectivity index (χ4n) is 0.864. The molecule has 1 aromatic carbocycles. The van der Waals surface area contributed by atoms with Crippen LogP contribution in [0, 0.1) is 0 Å². The van der Waals surface area contributed by atoms with E-state index in [2.05, 4.69) is 33.2 Å². The van der Waals surface area contributed by atoms with Gasteiger partial charge in [0.1, 0.15) is 0 Å². The van der Waals surface area contributed by atoms with Crippen LogP contribution in [0.15, 0.2) is 24.3 Å². The van der Waals surface area contributed by atoms with E-state index in [9.17, 15) is 4.79 Å². The summed E-state index contributed by atoms with van der Waals surface area (Å²) in [5, 5.41) is 5.72. The summed E-state index contributed by atoms with van der Waals surface area (Å²) in [7, 11) is 0. The normalized spacial score (nSPS) is 9.08. The van der Waals surface area contributed by atoms with Crippen LogP contribution in [-0.4, -0.2) is 11.0 Å². The molecule has 0 saturated heterocycles. The molecule has 4 heteroatoms. The topological polar surface area (TPSA) is 41.1 Å². The van der Waals surface area contributed by atoms with Gasteiger partial charge in [-0.1, -0.05) is 28.7 Å². The molecule has 1 rings (SSSR count). The summed E-state index contributed by atoms with van der Waals surface area (Å²) in [6.07, 6.45) is 0.670. The third kappa shape index (κ3) is 2.69. The standard InChI is InChI=1S/C8H9IN2O/c9-5-10-7-2-1-3-8(4-7)11-6-12/h1-4,6,10H,5H2,(H,11,12). The maximum absolute atomic E-state index is 10.1. The van der Waals surface area contributed by atoms with E-state index in [1.54, 1.807) is 0 Å². The van der Waals surface area contributed by atoms with Crippen LogP contribution in [0.2, 0.25) is 0 Å². The Kier molecular flexibility index (Phi) is 3.86. The fraction of sp³-hybridized carbons (Fsp3) is 0.125. The van der Waals surface area contributed by atoms with Crippen LogP contribution in [0.5, 0.6) is 0 Å². The Hall–Kier alpha value is -0.780. The molecule has 12 heavy (non-hydrogen) atoms. The molecule has 1 aromatic rings. The molecule has 0 heterocycles. The van der Waals surface area contributed by atoms with Gasteiger partial charge in [0.25, 0.3) is 0 Å². The quantitative estimate of drug-likeness (QED) is 0.382. The first-order chi connectivity index (χ1) is 5.86. The first kappa shape index (κ1) is 9.31. The molecule has 1 amide bonds. The number of anilines is 2. The van der Waals surface area contributed by atoms with Crippen molar-refractivity contribution in [2.45, 2.75) is 0 Å². The zero-order valence-electron chi connectivity index (χ0n) is 6.38. The van der Waals surface area contributed by atoms with Crippen molar-refractivity contribution in [1.29, 1.82) is 0 Å². The van der Waals surface area contributed by atoms with Crippen molar-refractivity contribution in [2.24, 2.45) is 0 Å². The summed E-state index contributed by atoms with van der Waals surface area (Å²) in [6, 6.07) is 7.56. The van der Waals surface area contributed by atoms with Gasteiger partial charge in [-0.2, -0.15) is 0 Å². The Morgan fingerprint density at radius 2 is 2.17 bits per heavy atom. The largest absolute Gasteiger partial charge is 0.376 e. The first-order valence-electron chi connectivity index (χ1n) is 3.47. The number of carbonyl (C=O) groups is 1. The number of benzene rings is 1. The number of nitrogens with one attached hydrogen (secondary N) is 2. The highest BCUT2D eigenvalue weighted by Gasteiger charge is 1.91. The van der Waals surface area contributed by atoms with Gasteiger partial charge in [-0.3, -0.25) is 4.79 Å². The van der Waals surface area contributed by atoms with E-state index < -0.39 is 0 Å². The molecule has 64 valence electrons. The third-order valence-electron chi connectivity index (χ3n) is 1.36. The van der Waals surface area contributed by atoms with Crippen LogP contribution >= 0.6 is 22.6 Å². The fourth-order valence-corrected chi connectivity index (χ4v) is 1.30. The maximum atomic E-state index is 10.1. The Labute approximate surface area is 84.7 Å². The van der Waals surface area contributed by atoms with Crippen LogP contribution in [0.3, 0.4) is 0 Å². The van der Waals surface area contributed by atoms with Crippen molar-refractivity contribution in [3.05, 3.63) is 24.3 Å². The lowest BCUT2D eigenvalue weighted by Crippen LogP contribution is -1.96. The number of carbonyl (C=O) groups excluding carboxylic acids is 1. The van der Waals surface area contributed by atoms with Crippen molar-refractivity contribution >= 4 is 40.4 Å². The zero-order valence-corrected chi connectivity index (χ0v) is 8.54. The minimum atomic E-state index is 0.670. The van der Waals surface area contributed by atoms with E-state index in [4.69, 9.17) is 0 Å². The summed E-state index contributed by atoms with van der Waals surface area (Å²) >= 11 is 2.22. The molecular formula is C8H9IN2O. The number of hydrogen-bond acceptors (Lipinski definition) is 2. The van der Waals surface area contributed by atoms with Crippen LogP contribution in [0.25, 0.3) is 0 Å². The number of rotatable bonds is 4. The lowest BCUT2D eigenvalue weighted by molar-refractivity contribution is -0.105. The molecule has 0 unspecified atom stereocenters. The highest BCUT2D eigenvalue weighted by molar-refractivity contribution is 14.1. The molecule has 0 atom stereocenters. The van der Waals surface area contributed by atoms with E-state index in [1.807, 2.05) is 24.3 Å². The first-order valence-corrected chi connectivity index (χ1v) is 4.99. The third-order valence-corrected chi connectivity index (χ3v) is 1.74. The lowest BCUT2D eigenvalue weighted by Gasteiger charge is -2.03. The smallest absolute Gasteiger partial charge is 0.211 e. The van der Waals surface area contributed by atoms with Crippen LogP contribution < -0.4 is 10.6 Å². The van der Waals surface area contributed by atoms with Crippen molar-refractivity contribution in [3.63, 3.8) is 0 Å². The molecule has 0 fully saturated rings. The molecule has 0 spiro atoms. The van der Waals surface area contributed by atoms with Crippen molar-refractivity contribution in [1.82, 2.24) is 0 Å². The second kappa shape index (κ2) is 4.97. The van der Waals surface area contributed by atoms with Gasteiger partial charge in [0.05, 0.1) is 4.55 Å². The van der Waals surface area contributed by atoms with Gasteiger partial charge in [-0.15, -0.1) is 0 Å². The summed E-state index contributed by atoms with van der Waals surface area (Å²) < 4.78 is 0.850. The van der Waals surface area contributed by atoms with Crippen molar-refractivity contribution in [3.8, 4) is 0 Å². The van der Waals surface area contributed by atoms with Crippen molar-refractivity contribution < 1.29 is 4.79 Å². The predicted octanol–water partition coefficient (Wildman–Crippen LogP) is 2.06. The Morgan fingerprint density at radius 3 is 2.83 bits per heavy atom. The zero-order chi connectivity index (χ0) is 8.81. The van der Waals surface area contributed by atoms with Gasteiger partial charge in [0, 0.05) is 11.4 Å². The molecule has 0 saturated carbocycles. The van der Waals surface area contributed by atoms with Gasteiger partial charge in [0.2, 0.25) is 6.41 Å². The van der Waals surface area contributed by atoms with Gasteiger partial charge in [-0.05, 0) is 18.2 Å². The summed E-state index contributed by atoms with van der Waals surface area (Å²) in [5.41, 5.74) is 1.82. The van der Waals surface area contributed by atoms with E-state index >= 15 is 0 Å². The second-order valence-electron chi connectivity index (χ2n) is 2.15. The number of hydrogen-bond donors (Lipinski definition) is 2. The van der Waals surface area contributed by atoms with E-state index in [-0.39, 0.29) is 0 Å². The average molecular weight is 276 g/mol. The maximum Gasteiger partial charge on any atom is 0.211 e. The molecule has 0 aliphatic rings. The van der Waals surface area contributed by atoms with E-state index in [1.165, 1.54) is 0 Å². The molecule has 0 aliphatic heterocycles. The lowest BCUT2D eigenvalue weighted by atomic mass is 10.3. The Balaban J connectivity index is 2.73. The van der Waals surface area contributed by atoms with Gasteiger partial charge < -0.3 is 10.6 Å².